The molecule has 1 heterocycles. The monoisotopic (exact) mass is 234 g/mol. The second-order valence-electron chi connectivity index (χ2n) is 4.98. The zero-order chi connectivity index (χ0) is 12.3. The van der Waals surface area contributed by atoms with Crippen molar-refractivity contribution >= 4 is 11.4 Å². The minimum absolute atomic E-state index is 0.755. The molecule has 0 bridgehead atoms. The van der Waals surface area contributed by atoms with Gasteiger partial charge in [-0.1, -0.05) is 0 Å². The maximum Gasteiger partial charge on any atom is 0.0469 e. The van der Waals surface area contributed by atoms with Crippen LogP contribution in [0.25, 0.3) is 0 Å². The lowest BCUT2D eigenvalue weighted by Gasteiger charge is -2.29. The van der Waals surface area contributed by atoms with E-state index in [1.165, 1.54) is 24.1 Å². The number of rotatable bonds is 3. The van der Waals surface area contributed by atoms with Crippen LogP contribution in [0.2, 0.25) is 0 Å². The van der Waals surface area contributed by atoms with Gasteiger partial charge >= 0.3 is 0 Å². The Morgan fingerprint density at radius 2 is 2.06 bits per heavy atom. The van der Waals surface area contributed by atoms with Crippen molar-refractivity contribution in [2.75, 3.05) is 37.4 Å². The fourth-order valence-electron chi connectivity index (χ4n) is 2.52. The molecule has 0 atom stereocenters. The van der Waals surface area contributed by atoms with Crippen LogP contribution < -0.4 is 10.6 Å². The van der Waals surface area contributed by atoms with E-state index in [1.807, 2.05) is 12.1 Å². The first-order chi connectivity index (χ1) is 8.16. The minimum Gasteiger partial charge on any atom is -0.399 e. The van der Waals surface area contributed by atoms with Crippen LogP contribution in [0.5, 0.6) is 0 Å². The first-order valence-electron chi connectivity index (χ1n) is 6.32. The molecule has 0 amide bonds. The maximum absolute atomic E-state index is 5.78. The third-order valence-electron chi connectivity index (χ3n) is 3.51. The topological polar surface area (TPSA) is 38.5 Å². The van der Waals surface area contributed by atoms with Crippen LogP contribution >= 0.6 is 0 Å². The van der Waals surface area contributed by atoms with E-state index in [2.05, 4.69) is 24.9 Å². The molecule has 1 aromatic rings. The van der Waals surface area contributed by atoms with Gasteiger partial charge in [-0.05, 0) is 49.4 Å². The Bertz CT molecular complexity index is 372. The molecule has 0 radical (unpaired) electrons. The van der Waals surface area contributed by atoms with Gasteiger partial charge in [0.15, 0.2) is 0 Å². The molecule has 0 unspecified atom stereocenters. The molecule has 1 aliphatic rings. The van der Waals surface area contributed by atoms with Gasteiger partial charge in [0.25, 0.3) is 0 Å². The Kier molecular flexibility index (Phi) is 3.89. The van der Waals surface area contributed by atoms with Crippen LogP contribution in [0.15, 0.2) is 18.2 Å². The Morgan fingerprint density at radius 3 is 2.71 bits per heavy atom. The molecular formula is C14H22N2O. The summed E-state index contributed by atoms with van der Waals surface area (Å²) in [6.45, 7) is 5.05. The largest absolute Gasteiger partial charge is 0.399 e. The second-order valence-corrected chi connectivity index (χ2v) is 4.98. The van der Waals surface area contributed by atoms with Gasteiger partial charge in [0.1, 0.15) is 0 Å². The number of hydrogen-bond acceptors (Lipinski definition) is 3. The van der Waals surface area contributed by atoms with Gasteiger partial charge in [-0.15, -0.1) is 0 Å². The van der Waals surface area contributed by atoms with Crippen molar-refractivity contribution in [3.63, 3.8) is 0 Å². The van der Waals surface area contributed by atoms with Crippen molar-refractivity contribution in [3.8, 4) is 0 Å². The maximum atomic E-state index is 5.78. The third kappa shape index (κ3) is 3.13. The van der Waals surface area contributed by atoms with E-state index in [9.17, 15) is 0 Å². The SMILES string of the molecule is Cc1cc(N)ccc1N(C)CC1CCOCC1. The van der Waals surface area contributed by atoms with Crippen molar-refractivity contribution in [2.24, 2.45) is 5.92 Å². The molecule has 3 heteroatoms. The first-order valence-corrected chi connectivity index (χ1v) is 6.32. The van der Waals surface area contributed by atoms with E-state index in [4.69, 9.17) is 10.5 Å². The molecule has 1 aromatic carbocycles. The van der Waals surface area contributed by atoms with Gasteiger partial charge in [0.2, 0.25) is 0 Å². The number of ether oxygens (including phenoxy) is 1. The van der Waals surface area contributed by atoms with E-state index in [1.54, 1.807) is 0 Å². The quantitative estimate of drug-likeness (QED) is 0.816. The lowest BCUT2D eigenvalue weighted by molar-refractivity contribution is 0.0685. The standard InChI is InChI=1S/C14H22N2O/c1-11-9-13(15)3-4-14(11)16(2)10-12-5-7-17-8-6-12/h3-4,9,12H,5-8,10,15H2,1-2H3. The van der Waals surface area contributed by atoms with Gasteiger partial charge in [0, 0.05) is 38.2 Å². The zero-order valence-corrected chi connectivity index (χ0v) is 10.8. The van der Waals surface area contributed by atoms with Crippen LogP contribution in [-0.4, -0.2) is 26.8 Å². The molecule has 1 fully saturated rings. The molecule has 17 heavy (non-hydrogen) atoms. The van der Waals surface area contributed by atoms with E-state index in [0.717, 1.165) is 31.4 Å². The molecule has 2 rings (SSSR count). The van der Waals surface area contributed by atoms with E-state index in [-0.39, 0.29) is 0 Å². The summed E-state index contributed by atoms with van der Waals surface area (Å²) in [5, 5.41) is 0. The lowest BCUT2D eigenvalue weighted by Crippen LogP contribution is -2.29. The Balaban J connectivity index is 2.00. The summed E-state index contributed by atoms with van der Waals surface area (Å²) in [6, 6.07) is 6.13. The van der Waals surface area contributed by atoms with Crippen molar-refractivity contribution < 1.29 is 4.74 Å². The van der Waals surface area contributed by atoms with Crippen molar-refractivity contribution in [2.45, 2.75) is 19.8 Å². The number of benzene rings is 1. The summed E-state index contributed by atoms with van der Waals surface area (Å²) in [5.41, 5.74) is 9.15. The molecule has 0 saturated carbocycles. The Hall–Kier alpha value is -1.22. The number of hydrogen-bond donors (Lipinski definition) is 1. The van der Waals surface area contributed by atoms with E-state index in [0.29, 0.717) is 0 Å². The normalized spacial score (nSPS) is 17.1. The zero-order valence-electron chi connectivity index (χ0n) is 10.8. The fraction of sp³-hybridized carbons (Fsp3) is 0.571. The molecule has 0 aromatic heterocycles. The van der Waals surface area contributed by atoms with Crippen molar-refractivity contribution in [1.29, 1.82) is 0 Å². The second kappa shape index (κ2) is 5.41. The highest BCUT2D eigenvalue weighted by molar-refractivity contribution is 5.58. The van der Waals surface area contributed by atoms with Crippen LogP contribution in [0.1, 0.15) is 18.4 Å². The van der Waals surface area contributed by atoms with Crippen LogP contribution in [0.4, 0.5) is 11.4 Å². The highest BCUT2D eigenvalue weighted by atomic mass is 16.5. The predicted octanol–water partition coefficient (Wildman–Crippen LogP) is 2.44. The summed E-state index contributed by atoms with van der Waals surface area (Å²) in [6.07, 6.45) is 2.36. The minimum atomic E-state index is 0.755. The summed E-state index contributed by atoms with van der Waals surface area (Å²) < 4.78 is 5.39. The average Bonchev–Trinajstić information content (AvgIpc) is 2.30. The summed E-state index contributed by atoms with van der Waals surface area (Å²) in [4.78, 5) is 2.34. The first kappa shape index (κ1) is 12.2. The Labute approximate surface area is 104 Å². The molecule has 2 N–H and O–H groups in total. The summed E-state index contributed by atoms with van der Waals surface area (Å²) in [7, 11) is 2.16. The Morgan fingerprint density at radius 1 is 1.35 bits per heavy atom. The van der Waals surface area contributed by atoms with Crippen LogP contribution in [-0.2, 0) is 4.74 Å². The molecule has 1 saturated heterocycles. The van der Waals surface area contributed by atoms with Gasteiger partial charge in [-0.3, -0.25) is 0 Å². The molecule has 94 valence electrons. The number of anilines is 2. The van der Waals surface area contributed by atoms with Gasteiger partial charge in [-0.25, -0.2) is 0 Å². The molecule has 0 aliphatic carbocycles. The number of nitrogens with zero attached hydrogens (tertiary/aromatic N) is 1. The predicted molar refractivity (Wildman–Crippen MR) is 72.4 cm³/mol. The van der Waals surface area contributed by atoms with Crippen LogP contribution in [0, 0.1) is 12.8 Å². The molecular weight excluding hydrogens is 212 g/mol. The molecule has 3 nitrogen and oxygen atoms in total. The highest BCUT2D eigenvalue weighted by Gasteiger charge is 2.16. The van der Waals surface area contributed by atoms with Crippen LogP contribution in [0.3, 0.4) is 0 Å². The van der Waals surface area contributed by atoms with Gasteiger partial charge in [-0.2, -0.15) is 0 Å². The van der Waals surface area contributed by atoms with Gasteiger partial charge < -0.3 is 15.4 Å². The number of aryl methyl sites for hydroxylation is 1. The smallest absolute Gasteiger partial charge is 0.0469 e. The van der Waals surface area contributed by atoms with Crippen molar-refractivity contribution in [1.82, 2.24) is 0 Å². The number of nitrogens with two attached hydrogens (primary N) is 1. The molecule has 1 aliphatic heterocycles. The van der Waals surface area contributed by atoms with Crippen molar-refractivity contribution in [3.05, 3.63) is 23.8 Å². The number of nitrogen functional groups attached to an aromatic ring is 1. The van der Waals surface area contributed by atoms with Gasteiger partial charge in [0.05, 0.1) is 0 Å². The summed E-state index contributed by atoms with van der Waals surface area (Å²) in [5.74, 6) is 0.755. The highest BCUT2D eigenvalue weighted by Crippen LogP contribution is 2.24. The fourth-order valence-corrected chi connectivity index (χ4v) is 2.52. The van der Waals surface area contributed by atoms with E-state index >= 15 is 0 Å². The third-order valence-corrected chi connectivity index (χ3v) is 3.51. The average molecular weight is 234 g/mol. The van der Waals surface area contributed by atoms with E-state index < -0.39 is 0 Å². The summed E-state index contributed by atoms with van der Waals surface area (Å²) >= 11 is 0. The lowest BCUT2D eigenvalue weighted by atomic mass is 9.99. The molecule has 0 spiro atoms.